The Morgan fingerprint density at radius 3 is 2.62 bits per heavy atom. The topological polar surface area (TPSA) is 61.7 Å². The summed E-state index contributed by atoms with van der Waals surface area (Å²) in [7, 11) is 1.58. The molecule has 1 unspecified atom stereocenters. The molecular formula is C11H20N2O2S. The van der Waals surface area contributed by atoms with Crippen molar-refractivity contribution in [2.75, 3.05) is 12.8 Å². The van der Waals surface area contributed by atoms with Gasteiger partial charge >= 0.3 is 0 Å². The molecule has 0 aromatic rings. The molecule has 0 aromatic heterocycles. The molecule has 16 heavy (non-hydrogen) atoms. The van der Waals surface area contributed by atoms with Crippen LogP contribution in [0.2, 0.25) is 0 Å². The third-order valence-electron chi connectivity index (χ3n) is 2.13. The van der Waals surface area contributed by atoms with E-state index in [0.717, 1.165) is 12.2 Å². The minimum absolute atomic E-state index is 0.0991. The SMILES string of the molecule is C=CCCSC(=NO)C(C(=O)NC)C(C)C. The molecule has 0 aromatic carbocycles. The van der Waals surface area contributed by atoms with Gasteiger partial charge in [-0.2, -0.15) is 0 Å². The molecule has 5 heteroatoms. The number of carbonyl (C=O) groups excluding carboxylic acids is 1. The quantitative estimate of drug-likeness (QED) is 0.188. The van der Waals surface area contributed by atoms with Crippen molar-refractivity contribution in [2.24, 2.45) is 17.0 Å². The predicted octanol–water partition coefficient (Wildman–Crippen LogP) is 2.10. The maximum absolute atomic E-state index is 11.6. The van der Waals surface area contributed by atoms with Crippen molar-refractivity contribution in [3.05, 3.63) is 12.7 Å². The fourth-order valence-corrected chi connectivity index (χ4v) is 2.39. The minimum atomic E-state index is -0.384. The molecule has 0 aliphatic carbocycles. The summed E-state index contributed by atoms with van der Waals surface area (Å²) >= 11 is 1.39. The lowest BCUT2D eigenvalue weighted by atomic mass is 9.96. The third kappa shape index (κ3) is 4.70. The number of carbonyl (C=O) groups is 1. The number of hydrogen-bond acceptors (Lipinski definition) is 4. The lowest BCUT2D eigenvalue weighted by Crippen LogP contribution is -2.35. The Hall–Kier alpha value is -0.970. The summed E-state index contributed by atoms with van der Waals surface area (Å²) in [6.07, 6.45) is 2.62. The summed E-state index contributed by atoms with van der Waals surface area (Å²) in [5, 5.41) is 15.2. The van der Waals surface area contributed by atoms with Gasteiger partial charge in [-0.3, -0.25) is 4.79 Å². The zero-order valence-electron chi connectivity index (χ0n) is 10.1. The molecule has 0 saturated carbocycles. The number of oxime groups is 1. The fraction of sp³-hybridized carbons (Fsp3) is 0.636. The first-order valence-corrected chi connectivity index (χ1v) is 6.24. The average Bonchev–Trinajstić information content (AvgIpc) is 2.26. The molecule has 0 rings (SSSR count). The highest BCUT2D eigenvalue weighted by molar-refractivity contribution is 8.14. The maximum atomic E-state index is 11.6. The Bertz CT molecular complexity index is 265. The summed E-state index contributed by atoms with van der Waals surface area (Å²) in [6, 6.07) is 0. The van der Waals surface area contributed by atoms with Crippen LogP contribution in [0.5, 0.6) is 0 Å². The Kier molecular flexibility index (Phi) is 7.72. The molecular weight excluding hydrogens is 224 g/mol. The van der Waals surface area contributed by atoms with Crippen molar-refractivity contribution in [2.45, 2.75) is 20.3 Å². The first-order valence-electron chi connectivity index (χ1n) is 5.25. The van der Waals surface area contributed by atoms with Crippen molar-refractivity contribution in [3.8, 4) is 0 Å². The van der Waals surface area contributed by atoms with Crippen LogP contribution in [-0.2, 0) is 4.79 Å². The van der Waals surface area contributed by atoms with E-state index in [-0.39, 0.29) is 17.7 Å². The van der Waals surface area contributed by atoms with Crippen LogP contribution < -0.4 is 5.32 Å². The van der Waals surface area contributed by atoms with E-state index in [1.807, 2.05) is 13.8 Å². The molecule has 0 radical (unpaired) electrons. The maximum Gasteiger partial charge on any atom is 0.229 e. The molecule has 0 aliphatic rings. The van der Waals surface area contributed by atoms with Crippen LogP contribution in [0.25, 0.3) is 0 Å². The first-order chi connectivity index (χ1) is 7.58. The highest BCUT2D eigenvalue weighted by atomic mass is 32.2. The van der Waals surface area contributed by atoms with Crippen LogP contribution in [0.15, 0.2) is 17.8 Å². The monoisotopic (exact) mass is 244 g/mol. The highest BCUT2D eigenvalue weighted by Gasteiger charge is 2.27. The molecule has 0 spiro atoms. The largest absolute Gasteiger partial charge is 0.410 e. The van der Waals surface area contributed by atoms with Crippen LogP contribution >= 0.6 is 11.8 Å². The van der Waals surface area contributed by atoms with Crippen molar-refractivity contribution >= 4 is 22.7 Å². The van der Waals surface area contributed by atoms with Gasteiger partial charge in [-0.15, -0.1) is 18.3 Å². The van der Waals surface area contributed by atoms with Gasteiger partial charge < -0.3 is 10.5 Å². The Morgan fingerprint density at radius 1 is 1.62 bits per heavy atom. The number of nitrogens with zero attached hydrogens (tertiary/aromatic N) is 1. The lowest BCUT2D eigenvalue weighted by molar-refractivity contribution is -0.123. The standard InChI is InChI=1S/C11H20N2O2S/c1-5-6-7-16-11(13-15)9(8(2)3)10(14)12-4/h5,8-9,15H,1,6-7H2,2-4H3,(H,12,14). The summed E-state index contributed by atoms with van der Waals surface area (Å²) in [6.45, 7) is 7.48. The van der Waals surface area contributed by atoms with Crippen LogP contribution in [0.4, 0.5) is 0 Å². The van der Waals surface area contributed by atoms with Crippen molar-refractivity contribution in [1.29, 1.82) is 0 Å². The van der Waals surface area contributed by atoms with E-state index in [0.29, 0.717) is 5.04 Å². The molecule has 2 N–H and O–H groups in total. The first kappa shape index (κ1) is 15.0. The van der Waals surface area contributed by atoms with Crippen LogP contribution in [-0.4, -0.2) is 29.0 Å². The predicted molar refractivity (Wildman–Crippen MR) is 68.9 cm³/mol. The molecule has 0 saturated heterocycles. The molecule has 4 nitrogen and oxygen atoms in total. The fourth-order valence-electron chi connectivity index (χ4n) is 1.28. The van der Waals surface area contributed by atoms with Gasteiger partial charge in [0.05, 0.1) is 5.92 Å². The summed E-state index contributed by atoms with van der Waals surface area (Å²) in [4.78, 5) is 11.6. The smallest absolute Gasteiger partial charge is 0.229 e. The number of hydrogen-bond donors (Lipinski definition) is 2. The molecule has 0 fully saturated rings. The second-order valence-corrected chi connectivity index (χ2v) is 4.82. The van der Waals surface area contributed by atoms with Crippen molar-refractivity contribution in [1.82, 2.24) is 5.32 Å². The highest BCUT2D eigenvalue weighted by Crippen LogP contribution is 2.21. The van der Waals surface area contributed by atoms with Gasteiger partial charge in [0.25, 0.3) is 0 Å². The van der Waals surface area contributed by atoms with E-state index in [9.17, 15) is 4.79 Å². The lowest BCUT2D eigenvalue weighted by Gasteiger charge is -2.19. The second kappa shape index (κ2) is 8.21. The number of thioether (sulfide) groups is 1. The molecule has 92 valence electrons. The van der Waals surface area contributed by atoms with Gasteiger partial charge in [0.2, 0.25) is 5.91 Å². The van der Waals surface area contributed by atoms with Crippen LogP contribution in [0, 0.1) is 11.8 Å². The number of amides is 1. The van der Waals surface area contributed by atoms with Crippen LogP contribution in [0.3, 0.4) is 0 Å². The van der Waals surface area contributed by atoms with Crippen molar-refractivity contribution in [3.63, 3.8) is 0 Å². The zero-order chi connectivity index (χ0) is 12.6. The van der Waals surface area contributed by atoms with E-state index >= 15 is 0 Å². The molecule has 0 aliphatic heterocycles. The van der Waals surface area contributed by atoms with Crippen molar-refractivity contribution < 1.29 is 10.0 Å². The zero-order valence-corrected chi connectivity index (χ0v) is 10.9. The molecule has 0 bridgehead atoms. The van der Waals surface area contributed by atoms with E-state index in [1.165, 1.54) is 11.8 Å². The van der Waals surface area contributed by atoms with Gasteiger partial charge in [0.15, 0.2) is 0 Å². The van der Waals surface area contributed by atoms with Crippen LogP contribution in [0.1, 0.15) is 20.3 Å². The number of allylic oxidation sites excluding steroid dienone is 1. The Morgan fingerprint density at radius 2 is 2.25 bits per heavy atom. The van der Waals surface area contributed by atoms with Gasteiger partial charge in [0, 0.05) is 12.8 Å². The number of nitrogens with one attached hydrogen (secondary N) is 1. The van der Waals surface area contributed by atoms with E-state index < -0.39 is 0 Å². The summed E-state index contributed by atoms with van der Waals surface area (Å²) in [5.41, 5.74) is 0. The van der Waals surface area contributed by atoms with Gasteiger partial charge in [0.1, 0.15) is 5.04 Å². The summed E-state index contributed by atoms with van der Waals surface area (Å²) < 4.78 is 0. The molecule has 1 amide bonds. The second-order valence-electron chi connectivity index (χ2n) is 3.70. The number of rotatable bonds is 6. The van der Waals surface area contributed by atoms with E-state index in [2.05, 4.69) is 17.1 Å². The van der Waals surface area contributed by atoms with E-state index in [1.54, 1.807) is 13.1 Å². The van der Waals surface area contributed by atoms with Gasteiger partial charge in [-0.25, -0.2) is 0 Å². The Balaban J connectivity index is 4.60. The molecule has 1 atom stereocenters. The summed E-state index contributed by atoms with van der Waals surface area (Å²) in [5.74, 6) is 0.365. The third-order valence-corrected chi connectivity index (χ3v) is 3.20. The Labute approximate surface area is 101 Å². The molecule has 0 heterocycles. The van der Waals surface area contributed by atoms with E-state index in [4.69, 9.17) is 5.21 Å². The average molecular weight is 244 g/mol. The normalized spacial score (nSPS) is 13.6. The van der Waals surface area contributed by atoms with Gasteiger partial charge in [-0.05, 0) is 12.3 Å². The van der Waals surface area contributed by atoms with Gasteiger partial charge in [-0.1, -0.05) is 25.1 Å². The minimum Gasteiger partial charge on any atom is -0.410 e.